The third-order valence-electron chi connectivity index (χ3n) is 2.44. The number of nitrogens with one attached hydrogen (secondary N) is 2. The number of nitrogens with zero attached hydrogens (tertiary/aromatic N) is 2. The van der Waals surface area contributed by atoms with E-state index >= 15 is 0 Å². The number of amides is 1. The van der Waals surface area contributed by atoms with Gasteiger partial charge < -0.3 is 5.32 Å². The molecule has 0 aliphatic rings. The van der Waals surface area contributed by atoms with Crippen molar-refractivity contribution in [2.75, 3.05) is 0 Å². The molecule has 18 heavy (non-hydrogen) atoms. The van der Waals surface area contributed by atoms with E-state index in [2.05, 4.69) is 20.7 Å². The Balaban J connectivity index is 2.15. The summed E-state index contributed by atoms with van der Waals surface area (Å²) in [7, 11) is 0. The van der Waals surface area contributed by atoms with E-state index in [1.807, 2.05) is 13.0 Å². The Bertz CT molecular complexity index is 556. The fraction of sp³-hybridized carbons (Fsp3) is 0.182. The van der Waals surface area contributed by atoms with Gasteiger partial charge in [0.2, 0.25) is 0 Å². The fourth-order valence-electron chi connectivity index (χ4n) is 1.51. The molecule has 0 fully saturated rings. The van der Waals surface area contributed by atoms with Crippen LogP contribution >= 0.6 is 23.2 Å². The van der Waals surface area contributed by atoms with E-state index < -0.39 is 0 Å². The first-order valence-electron chi connectivity index (χ1n) is 5.20. The Morgan fingerprint density at radius 2 is 2.22 bits per heavy atom. The molecule has 0 bridgehead atoms. The maximum Gasteiger partial charge on any atom is 0.273 e. The number of rotatable bonds is 3. The van der Waals surface area contributed by atoms with Crippen LogP contribution in [0.4, 0.5) is 0 Å². The lowest BCUT2D eigenvalue weighted by Crippen LogP contribution is -2.27. The first kappa shape index (κ1) is 12.9. The molecule has 94 valence electrons. The van der Waals surface area contributed by atoms with Crippen molar-refractivity contribution in [2.24, 2.45) is 0 Å². The molecule has 1 heterocycles. The minimum atomic E-state index is -0.327. The maximum absolute atomic E-state index is 11.8. The molecule has 2 rings (SSSR count). The van der Waals surface area contributed by atoms with E-state index in [1.54, 1.807) is 12.1 Å². The molecule has 2 N–H and O–H groups in total. The Kier molecular flexibility index (Phi) is 3.84. The predicted molar refractivity (Wildman–Crippen MR) is 68.7 cm³/mol. The van der Waals surface area contributed by atoms with Crippen LogP contribution in [0.5, 0.6) is 0 Å². The van der Waals surface area contributed by atoms with Gasteiger partial charge in [0.15, 0.2) is 5.69 Å². The number of aromatic nitrogens is 3. The van der Waals surface area contributed by atoms with Crippen molar-refractivity contribution < 1.29 is 4.79 Å². The minimum absolute atomic E-state index is 0.222. The van der Waals surface area contributed by atoms with Crippen LogP contribution < -0.4 is 5.32 Å². The average Bonchev–Trinajstić information content (AvgIpc) is 2.86. The van der Waals surface area contributed by atoms with Crippen molar-refractivity contribution in [3.63, 3.8) is 0 Å². The van der Waals surface area contributed by atoms with Crippen LogP contribution in [0.1, 0.15) is 29.0 Å². The standard InChI is InChI=1S/C11H10Cl2N4O/c1-6(7-3-2-4-8(12)10(7)13)15-11(18)9-5-14-17-16-9/h2-6H,1H3,(H,15,18)(H,14,16,17)/t6-/m1/s1. The van der Waals surface area contributed by atoms with Gasteiger partial charge >= 0.3 is 0 Å². The Labute approximate surface area is 113 Å². The van der Waals surface area contributed by atoms with Crippen molar-refractivity contribution >= 4 is 29.1 Å². The molecule has 0 aliphatic heterocycles. The van der Waals surface area contributed by atoms with Gasteiger partial charge in [0, 0.05) is 0 Å². The van der Waals surface area contributed by atoms with Crippen molar-refractivity contribution in [3.05, 3.63) is 45.7 Å². The molecule has 2 aromatic rings. The summed E-state index contributed by atoms with van der Waals surface area (Å²) in [4.78, 5) is 11.8. The van der Waals surface area contributed by atoms with Gasteiger partial charge in [-0.1, -0.05) is 35.3 Å². The number of aromatic amines is 1. The predicted octanol–water partition coefficient (Wildman–Crippen LogP) is 2.60. The topological polar surface area (TPSA) is 70.7 Å². The lowest BCUT2D eigenvalue weighted by atomic mass is 10.1. The van der Waals surface area contributed by atoms with Gasteiger partial charge in [-0.3, -0.25) is 4.79 Å². The second-order valence-electron chi connectivity index (χ2n) is 3.69. The Hall–Kier alpha value is -1.59. The lowest BCUT2D eigenvalue weighted by molar-refractivity contribution is 0.0935. The zero-order valence-electron chi connectivity index (χ0n) is 9.45. The second kappa shape index (κ2) is 5.37. The van der Waals surface area contributed by atoms with E-state index in [1.165, 1.54) is 6.20 Å². The summed E-state index contributed by atoms with van der Waals surface area (Å²) in [5.41, 5.74) is 0.973. The monoisotopic (exact) mass is 284 g/mol. The molecule has 0 spiro atoms. The third kappa shape index (κ3) is 2.63. The number of hydrogen-bond acceptors (Lipinski definition) is 3. The van der Waals surface area contributed by atoms with Crippen molar-refractivity contribution in [3.8, 4) is 0 Å². The third-order valence-corrected chi connectivity index (χ3v) is 3.28. The van der Waals surface area contributed by atoms with Gasteiger partial charge in [0.05, 0.1) is 22.3 Å². The Morgan fingerprint density at radius 3 is 2.89 bits per heavy atom. The summed E-state index contributed by atoms with van der Waals surface area (Å²) < 4.78 is 0. The van der Waals surface area contributed by atoms with Gasteiger partial charge in [-0.15, -0.1) is 0 Å². The zero-order valence-corrected chi connectivity index (χ0v) is 11.0. The molecule has 0 aliphatic carbocycles. The molecule has 1 atom stereocenters. The van der Waals surface area contributed by atoms with Crippen molar-refractivity contribution in [1.82, 2.24) is 20.7 Å². The number of carbonyl (C=O) groups is 1. The molecule has 1 aromatic carbocycles. The van der Waals surface area contributed by atoms with Gasteiger partial charge in [0.25, 0.3) is 5.91 Å². The smallest absolute Gasteiger partial charge is 0.273 e. The largest absolute Gasteiger partial charge is 0.344 e. The van der Waals surface area contributed by atoms with Crippen molar-refractivity contribution in [2.45, 2.75) is 13.0 Å². The van der Waals surface area contributed by atoms with Crippen LogP contribution in [0.25, 0.3) is 0 Å². The highest BCUT2D eigenvalue weighted by molar-refractivity contribution is 6.42. The first-order valence-corrected chi connectivity index (χ1v) is 5.95. The summed E-state index contributed by atoms with van der Waals surface area (Å²) in [6.45, 7) is 1.82. The minimum Gasteiger partial charge on any atom is -0.344 e. The van der Waals surface area contributed by atoms with Crippen LogP contribution in [0.2, 0.25) is 10.0 Å². The molecule has 0 unspecified atom stereocenters. The van der Waals surface area contributed by atoms with E-state index in [4.69, 9.17) is 23.2 Å². The van der Waals surface area contributed by atoms with Crippen LogP contribution in [0, 0.1) is 0 Å². The molecule has 0 saturated heterocycles. The summed E-state index contributed by atoms with van der Waals surface area (Å²) in [6.07, 6.45) is 1.35. The zero-order chi connectivity index (χ0) is 13.1. The molecule has 1 amide bonds. The average molecular weight is 285 g/mol. The van der Waals surface area contributed by atoms with Gasteiger partial charge in [-0.2, -0.15) is 15.4 Å². The van der Waals surface area contributed by atoms with Gasteiger partial charge in [-0.05, 0) is 18.6 Å². The highest BCUT2D eigenvalue weighted by Crippen LogP contribution is 2.29. The van der Waals surface area contributed by atoms with Crippen LogP contribution in [0.3, 0.4) is 0 Å². The molecule has 0 saturated carbocycles. The maximum atomic E-state index is 11.8. The highest BCUT2D eigenvalue weighted by Gasteiger charge is 2.16. The van der Waals surface area contributed by atoms with E-state index in [-0.39, 0.29) is 17.6 Å². The summed E-state index contributed by atoms with van der Waals surface area (Å²) in [6, 6.07) is 5.00. The summed E-state index contributed by atoms with van der Waals surface area (Å²) >= 11 is 12.0. The Morgan fingerprint density at radius 1 is 1.44 bits per heavy atom. The molecule has 7 heteroatoms. The summed E-state index contributed by atoms with van der Waals surface area (Å²) in [5, 5.41) is 13.3. The molecular weight excluding hydrogens is 275 g/mol. The number of carbonyl (C=O) groups excluding carboxylic acids is 1. The molecule has 5 nitrogen and oxygen atoms in total. The van der Waals surface area contributed by atoms with Crippen LogP contribution in [-0.4, -0.2) is 21.3 Å². The molecule has 0 radical (unpaired) electrons. The first-order chi connectivity index (χ1) is 8.59. The lowest BCUT2D eigenvalue weighted by Gasteiger charge is -2.15. The van der Waals surface area contributed by atoms with Crippen LogP contribution in [0.15, 0.2) is 24.4 Å². The van der Waals surface area contributed by atoms with E-state index in [0.29, 0.717) is 10.0 Å². The van der Waals surface area contributed by atoms with Crippen LogP contribution in [-0.2, 0) is 0 Å². The van der Waals surface area contributed by atoms with Gasteiger partial charge in [-0.25, -0.2) is 0 Å². The number of hydrogen-bond donors (Lipinski definition) is 2. The fourth-order valence-corrected chi connectivity index (χ4v) is 1.99. The normalized spacial score (nSPS) is 12.2. The molecule has 1 aromatic heterocycles. The second-order valence-corrected chi connectivity index (χ2v) is 4.48. The highest BCUT2D eigenvalue weighted by atomic mass is 35.5. The number of halogens is 2. The van der Waals surface area contributed by atoms with E-state index in [0.717, 1.165) is 5.56 Å². The number of benzene rings is 1. The van der Waals surface area contributed by atoms with Gasteiger partial charge in [0.1, 0.15) is 0 Å². The SMILES string of the molecule is C[C@@H](NC(=O)c1cn[nH]n1)c1cccc(Cl)c1Cl. The number of H-pyrrole nitrogens is 1. The summed E-state index contributed by atoms with van der Waals surface area (Å²) in [5.74, 6) is -0.327. The quantitative estimate of drug-likeness (QED) is 0.910. The van der Waals surface area contributed by atoms with Crippen molar-refractivity contribution in [1.29, 1.82) is 0 Å². The molecular formula is C11H10Cl2N4O. The van der Waals surface area contributed by atoms with E-state index in [9.17, 15) is 4.79 Å².